The summed E-state index contributed by atoms with van der Waals surface area (Å²) in [6.45, 7) is 13.9. The molecule has 0 spiro atoms. The number of unbranched alkanes of at least 4 members (excludes halogenated alkanes) is 54. The largest absolute Gasteiger partial charge is 0.418 e. The minimum absolute atomic E-state index is 0.943. The van der Waals surface area contributed by atoms with Gasteiger partial charge >= 0.3 is 10.4 Å². The Balaban J connectivity index is 6.68. The van der Waals surface area contributed by atoms with Gasteiger partial charge in [0.05, 0.1) is 0 Å². The van der Waals surface area contributed by atoms with Crippen LogP contribution in [0.3, 0.4) is 0 Å². The summed E-state index contributed by atoms with van der Waals surface area (Å²) in [6.07, 6.45) is 78.3. The van der Waals surface area contributed by atoms with Crippen LogP contribution in [0.25, 0.3) is 0 Å². The summed E-state index contributed by atoms with van der Waals surface area (Å²) in [7, 11) is -7.96. The quantitative estimate of drug-likeness (QED) is 0.0570. The van der Waals surface area contributed by atoms with Crippen LogP contribution in [0.4, 0.5) is 0 Å². The molecule has 0 amide bonds. The predicted molar refractivity (Wildman–Crippen MR) is 367 cm³/mol. The van der Waals surface area contributed by atoms with E-state index in [1.807, 2.05) is 0 Å². The van der Waals surface area contributed by atoms with E-state index in [-0.39, 0.29) is 0 Å². The molecule has 0 heterocycles. The highest BCUT2D eigenvalue weighted by atomic mass is 32.4. The Morgan fingerprint density at radius 3 is 0.380 bits per heavy atom. The van der Waals surface area contributed by atoms with Crippen LogP contribution in [-0.2, 0) is 17.7 Å². The van der Waals surface area contributed by atoms with Gasteiger partial charge in [-0.1, -0.05) is 388 Å². The summed E-state index contributed by atoms with van der Waals surface area (Å²) in [5.41, 5.74) is 0. The minimum Gasteiger partial charge on any atom is -0.197 e. The van der Waals surface area contributed by atoms with Crippen molar-refractivity contribution in [2.75, 3.05) is 34.5 Å². The first-order chi connectivity index (χ1) is 38.8. The molecular formula is C72H150O4S3. The van der Waals surface area contributed by atoms with E-state index in [0.29, 0.717) is 0 Å². The van der Waals surface area contributed by atoms with Crippen LogP contribution in [-0.4, -0.2) is 42.9 Å². The lowest BCUT2D eigenvalue weighted by Crippen LogP contribution is -2.26. The summed E-state index contributed by atoms with van der Waals surface area (Å²) < 4.78 is 44.9. The summed E-state index contributed by atoms with van der Waals surface area (Å²) >= 11 is 0. The molecule has 480 valence electrons. The molecule has 0 aromatic heterocycles. The highest BCUT2D eigenvalue weighted by Crippen LogP contribution is 2.58. The van der Waals surface area contributed by atoms with E-state index in [1.165, 1.54) is 347 Å². The van der Waals surface area contributed by atoms with E-state index in [0.717, 1.165) is 73.0 Å². The second-order valence-corrected chi connectivity index (χ2v) is 34.0. The van der Waals surface area contributed by atoms with Crippen molar-refractivity contribution in [3.8, 4) is 0 Å². The molecule has 0 N–H and O–H groups in total. The van der Waals surface area contributed by atoms with Crippen molar-refractivity contribution in [1.82, 2.24) is 0 Å². The fourth-order valence-electron chi connectivity index (χ4n) is 12.3. The lowest BCUT2D eigenvalue weighted by molar-refractivity contribution is 0.420. The molecule has 0 saturated heterocycles. The fraction of sp³-hybridized carbons (Fsp3) is 1.00. The highest BCUT2D eigenvalue weighted by molar-refractivity contribution is 8.35. The molecule has 0 fully saturated rings. The molecule has 0 aromatic rings. The Morgan fingerprint density at radius 2 is 0.266 bits per heavy atom. The molecule has 0 aromatic carbocycles. The van der Waals surface area contributed by atoms with Crippen LogP contribution in [0, 0.1) is 0 Å². The zero-order chi connectivity index (χ0) is 57.6. The van der Waals surface area contributed by atoms with Crippen LogP contribution in [0.2, 0.25) is 0 Å². The molecule has 0 bridgehead atoms. The first-order valence-electron chi connectivity index (χ1n) is 37.0. The third-order valence-electron chi connectivity index (χ3n) is 17.7. The Hall–Kier alpha value is 0.570. The maximum atomic E-state index is 15.4. The molecule has 0 unspecified atom stereocenters. The van der Waals surface area contributed by atoms with Crippen molar-refractivity contribution >= 4 is 31.0 Å². The van der Waals surface area contributed by atoms with Gasteiger partial charge in [0.15, 0.2) is 0 Å². The Morgan fingerprint density at radius 1 is 0.165 bits per heavy atom. The zero-order valence-corrected chi connectivity index (χ0v) is 58.0. The maximum absolute atomic E-state index is 15.4. The third-order valence-corrected chi connectivity index (χ3v) is 27.5. The Labute approximate surface area is 504 Å². The van der Waals surface area contributed by atoms with Crippen LogP contribution < -0.4 is 0 Å². The third kappa shape index (κ3) is 56.2. The summed E-state index contributed by atoms with van der Waals surface area (Å²) in [5, 5.41) is 0. The average molecular weight is 1180 g/mol. The topological polar surface area (TPSA) is 52.6 Å². The Bertz CT molecular complexity index is 1050. The van der Waals surface area contributed by atoms with Crippen LogP contribution in [0.1, 0.15) is 427 Å². The van der Waals surface area contributed by atoms with Gasteiger partial charge in [-0.15, -0.1) is 20.6 Å². The maximum Gasteiger partial charge on any atom is 0.418 e. The van der Waals surface area contributed by atoms with Crippen molar-refractivity contribution < 1.29 is 15.7 Å². The molecule has 0 aliphatic heterocycles. The van der Waals surface area contributed by atoms with Crippen molar-refractivity contribution in [3.63, 3.8) is 0 Å². The monoisotopic (exact) mass is 1180 g/mol. The second-order valence-electron chi connectivity index (χ2n) is 25.8. The first kappa shape index (κ1) is 79.6. The lowest BCUT2D eigenvalue weighted by atomic mass is 10.1. The summed E-state index contributed by atoms with van der Waals surface area (Å²) in [5.74, 6) is 5.66. The van der Waals surface area contributed by atoms with E-state index in [4.69, 9.17) is 7.26 Å². The van der Waals surface area contributed by atoms with Crippen LogP contribution >= 0.6 is 20.6 Å². The Kier molecular flexibility index (Phi) is 63.5. The zero-order valence-electron chi connectivity index (χ0n) is 55.5. The van der Waals surface area contributed by atoms with Gasteiger partial charge < -0.3 is 0 Å². The van der Waals surface area contributed by atoms with Crippen LogP contribution in [0.5, 0.6) is 0 Å². The smallest absolute Gasteiger partial charge is 0.197 e. The highest BCUT2D eigenvalue weighted by Gasteiger charge is 2.37. The molecule has 0 saturated carbocycles. The van der Waals surface area contributed by atoms with Crippen LogP contribution in [0.15, 0.2) is 0 Å². The van der Waals surface area contributed by atoms with E-state index < -0.39 is 31.0 Å². The minimum atomic E-state index is -4.20. The summed E-state index contributed by atoms with van der Waals surface area (Å²) in [6, 6.07) is 0. The molecule has 0 aliphatic carbocycles. The molecule has 0 aliphatic rings. The molecule has 0 atom stereocenters. The molecule has 79 heavy (non-hydrogen) atoms. The van der Waals surface area contributed by atoms with Crippen molar-refractivity contribution in [1.29, 1.82) is 0 Å². The van der Waals surface area contributed by atoms with E-state index in [1.54, 1.807) is 0 Å². The van der Waals surface area contributed by atoms with Gasteiger partial charge in [0.2, 0.25) is 0 Å². The van der Waals surface area contributed by atoms with E-state index in [9.17, 15) is 0 Å². The number of hydrogen-bond donors (Lipinski definition) is 0. The number of rotatable bonds is 70. The van der Waals surface area contributed by atoms with Crippen molar-refractivity contribution in [3.05, 3.63) is 0 Å². The van der Waals surface area contributed by atoms with E-state index in [2.05, 4.69) is 41.5 Å². The average Bonchev–Trinajstić information content (AvgIpc) is 3.44. The van der Waals surface area contributed by atoms with Gasteiger partial charge in [-0.05, 0) is 38.5 Å². The molecule has 7 heteroatoms. The summed E-state index contributed by atoms with van der Waals surface area (Å²) in [4.78, 5) is 0. The van der Waals surface area contributed by atoms with Gasteiger partial charge in [-0.25, -0.2) is 0 Å². The van der Waals surface area contributed by atoms with Gasteiger partial charge in [-0.2, -0.15) is 15.7 Å². The molecule has 0 rings (SSSR count). The number of hydrogen-bond acceptors (Lipinski definition) is 4. The first-order valence-corrected chi connectivity index (χ1v) is 42.4. The fourth-order valence-corrected chi connectivity index (χ4v) is 22.7. The van der Waals surface area contributed by atoms with Gasteiger partial charge in [-0.3, -0.25) is 0 Å². The van der Waals surface area contributed by atoms with Gasteiger partial charge in [0.25, 0.3) is 0 Å². The predicted octanol–water partition coefficient (Wildman–Crippen LogP) is 27.2. The van der Waals surface area contributed by atoms with Crippen molar-refractivity contribution in [2.24, 2.45) is 0 Å². The lowest BCUT2D eigenvalue weighted by Gasteiger charge is -2.42. The van der Waals surface area contributed by atoms with E-state index >= 15 is 8.42 Å². The van der Waals surface area contributed by atoms with Gasteiger partial charge in [0, 0.05) is 34.5 Å². The standard InChI is InChI=1S/C72H150O4S3/c1-7-13-19-25-31-37-43-49-55-61-67-77(68-62-56-50-44-38-32-26-20-14-8-2,69-63-57-51-45-39-33-27-21-15-9-3)75-79(73,74)76-78(70-64-58-52-46-40-34-28-22-16-10-4,71-65-59-53-47-41-35-29-23-17-11-5)72-66-60-54-48-42-36-30-24-18-12-6/h7-72H2,1-6H3. The van der Waals surface area contributed by atoms with Crippen molar-refractivity contribution in [2.45, 2.75) is 427 Å². The second kappa shape index (κ2) is 63.1. The molecular weight excluding hydrogens is 1020 g/mol. The normalized spacial score (nSPS) is 12.8. The SMILES string of the molecule is CCCCCCCCCCCCS(CCCCCCCCCCCC)(CCCCCCCCCCCC)OS(=O)(=O)OS(CCCCCCCCCCCC)(CCCCCCCCCCCC)CCCCCCCCCCCC. The van der Waals surface area contributed by atoms with Gasteiger partial charge in [0.1, 0.15) is 0 Å². The molecule has 4 nitrogen and oxygen atoms in total. The molecule has 0 radical (unpaired) electrons.